The fourth-order valence-corrected chi connectivity index (χ4v) is 4.76. The molecule has 2 fully saturated rings. The van der Waals surface area contributed by atoms with Gasteiger partial charge in [-0.3, -0.25) is 4.90 Å². The quantitative estimate of drug-likeness (QED) is 0.729. The van der Waals surface area contributed by atoms with Crippen molar-refractivity contribution in [2.75, 3.05) is 13.1 Å². The van der Waals surface area contributed by atoms with E-state index in [9.17, 15) is 0 Å². The Kier molecular flexibility index (Phi) is 2.69. The number of fused-ring (bicyclic) bond motifs is 3. The average Bonchev–Trinajstić information content (AvgIpc) is 2.96. The zero-order chi connectivity index (χ0) is 11.9. The van der Waals surface area contributed by atoms with Gasteiger partial charge in [-0.1, -0.05) is 24.3 Å². The molecule has 2 aliphatic carbocycles. The van der Waals surface area contributed by atoms with E-state index in [1.165, 1.54) is 51.6 Å². The molecule has 1 nitrogen and oxygen atoms in total. The maximum atomic E-state index is 2.83. The first kappa shape index (κ1) is 11.0. The Bertz CT molecular complexity index is 400. The zero-order valence-electron chi connectivity index (χ0n) is 11.1. The third-order valence-corrected chi connectivity index (χ3v) is 5.52. The molecule has 1 aromatic rings. The van der Waals surface area contributed by atoms with Crippen LogP contribution in [0.15, 0.2) is 24.3 Å². The van der Waals surface area contributed by atoms with Crippen LogP contribution >= 0.6 is 0 Å². The van der Waals surface area contributed by atoms with Gasteiger partial charge in [0.1, 0.15) is 0 Å². The summed E-state index contributed by atoms with van der Waals surface area (Å²) >= 11 is 0. The van der Waals surface area contributed by atoms with Gasteiger partial charge >= 0.3 is 0 Å². The first-order chi connectivity index (χ1) is 8.92. The van der Waals surface area contributed by atoms with Crippen molar-refractivity contribution in [1.29, 1.82) is 0 Å². The molecular weight excluding hydrogens is 218 g/mol. The van der Waals surface area contributed by atoms with Crippen molar-refractivity contribution in [3.05, 3.63) is 35.4 Å². The Balaban J connectivity index is 1.66. The van der Waals surface area contributed by atoms with Crippen LogP contribution in [0.2, 0.25) is 0 Å². The Morgan fingerprint density at radius 2 is 1.39 bits per heavy atom. The highest BCUT2D eigenvalue weighted by Gasteiger charge is 2.42. The Hall–Kier alpha value is -0.820. The summed E-state index contributed by atoms with van der Waals surface area (Å²) in [5, 5.41) is 0. The van der Waals surface area contributed by atoms with Gasteiger partial charge in [0.05, 0.1) is 0 Å². The van der Waals surface area contributed by atoms with Crippen molar-refractivity contribution in [1.82, 2.24) is 4.90 Å². The largest absolute Gasteiger partial charge is 0.300 e. The van der Waals surface area contributed by atoms with E-state index < -0.39 is 0 Å². The van der Waals surface area contributed by atoms with Crippen LogP contribution in [-0.4, -0.2) is 24.0 Å². The predicted molar refractivity (Wildman–Crippen MR) is 74.7 cm³/mol. The molecule has 2 atom stereocenters. The van der Waals surface area contributed by atoms with Gasteiger partial charge in [-0.25, -0.2) is 0 Å². The maximum absolute atomic E-state index is 2.83. The summed E-state index contributed by atoms with van der Waals surface area (Å²) in [5.74, 6) is 1.88. The SMILES string of the molecule is c1ccc2c(c1)CC1CCC(C2)C1N1CCCC1. The van der Waals surface area contributed by atoms with Crippen LogP contribution in [0.5, 0.6) is 0 Å². The maximum Gasteiger partial charge on any atom is 0.0158 e. The highest BCUT2D eigenvalue weighted by Crippen LogP contribution is 2.43. The molecule has 1 heterocycles. The van der Waals surface area contributed by atoms with Gasteiger partial charge in [0.25, 0.3) is 0 Å². The highest BCUT2D eigenvalue weighted by atomic mass is 15.2. The highest BCUT2D eigenvalue weighted by molar-refractivity contribution is 5.30. The topological polar surface area (TPSA) is 3.24 Å². The van der Waals surface area contributed by atoms with Crippen LogP contribution in [0.25, 0.3) is 0 Å². The van der Waals surface area contributed by atoms with Crippen molar-refractivity contribution in [2.24, 2.45) is 11.8 Å². The van der Waals surface area contributed by atoms with E-state index in [4.69, 9.17) is 0 Å². The normalized spacial score (nSPS) is 35.4. The molecule has 1 heteroatoms. The molecule has 0 aromatic heterocycles. The summed E-state index contributed by atoms with van der Waals surface area (Å²) in [6, 6.07) is 10.1. The fourth-order valence-electron chi connectivity index (χ4n) is 4.76. The Labute approximate surface area is 110 Å². The number of rotatable bonds is 1. The third-order valence-electron chi connectivity index (χ3n) is 5.52. The van der Waals surface area contributed by atoms with E-state index in [0.29, 0.717) is 0 Å². The van der Waals surface area contributed by atoms with Crippen LogP contribution in [-0.2, 0) is 12.8 Å². The standard InChI is InChI=1S/C17H23N/c1-2-6-14-12-16-8-7-15(11-13(14)5-1)17(16)18-9-3-4-10-18/h1-2,5-6,15-17H,3-4,7-12H2. The minimum atomic E-state index is 0.903. The lowest BCUT2D eigenvalue weighted by atomic mass is 9.94. The molecule has 0 amide bonds. The van der Waals surface area contributed by atoms with Crippen molar-refractivity contribution in [2.45, 2.75) is 44.6 Å². The van der Waals surface area contributed by atoms with Crippen molar-refractivity contribution in [3.8, 4) is 0 Å². The summed E-state index contributed by atoms with van der Waals surface area (Å²) in [7, 11) is 0. The molecule has 96 valence electrons. The second-order valence-corrected chi connectivity index (χ2v) is 6.51. The summed E-state index contributed by atoms with van der Waals surface area (Å²) in [4.78, 5) is 2.83. The average molecular weight is 241 g/mol. The van der Waals surface area contributed by atoms with Gasteiger partial charge in [0.2, 0.25) is 0 Å². The molecule has 1 aromatic carbocycles. The second kappa shape index (κ2) is 4.38. The number of hydrogen-bond donors (Lipinski definition) is 0. The van der Waals surface area contributed by atoms with Gasteiger partial charge < -0.3 is 0 Å². The van der Waals surface area contributed by atoms with Crippen molar-refractivity contribution in [3.63, 3.8) is 0 Å². The molecule has 4 rings (SSSR count). The molecule has 1 saturated carbocycles. The summed E-state index contributed by atoms with van der Waals surface area (Å²) in [5.41, 5.74) is 3.29. The van der Waals surface area contributed by atoms with E-state index >= 15 is 0 Å². The predicted octanol–water partition coefficient (Wildman–Crippen LogP) is 3.28. The number of likely N-dealkylation sites (tertiary alicyclic amines) is 1. The van der Waals surface area contributed by atoms with E-state index in [2.05, 4.69) is 29.2 Å². The van der Waals surface area contributed by atoms with Crippen LogP contribution in [0, 0.1) is 11.8 Å². The zero-order valence-corrected chi connectivity index (χ0v) is 11.1. The van der Waals surface area contributed by atoms with Crippen LogP contribution < -0.4 is 0 Å². The molecule has 2 unspecified atom stereocenters. The van der Waals surface area contributed by atoms with Gasteiger partial charge in [-0.2, -0.15) is 0 Å². The monoisotopic (exact) mass is 241 g/mol. The number of benzene rings is 1. The lowest BCUT2D eigenvalue weighted by Gasteiger charge is -2.32. The third kappa shape index (κ3) is 1.72. The minimum Gasteiger partial charge on any atom is -0.300 e. The lowest BCUT2D eigenvalue weighted by molar-refractivity contribution is 0.159. The van der Waals surface area contributed by atoms with Gasteiger partial charge in [-0.15, -0.1) is 0 Å². The summed E-state index contributed by atoms with van der Waals surface area (Å²) in [6.45, 7) is 2.74. The summed E-state index contributed by atoms with van der Waals surface area (Å²) < 4.78 is 0. The molecule has 2 bridgehead atoms. The molecule has 0 spiro atoms. The lowest BCUT2D eigenvalue weighted by Crippen LogP contribution is -2.40. The molecule has 0 radical (unpaired) electrons. The van der Waals surface area contributed by atoms with Crippen molar-refractivity contribution < 1.29 is 0 Å². The molecular formula is C17H23N. The van der Waals surface area contributed by atoms with E-state index in [0.717, 1.165) is 17.9 Å². The first-order valence-corrected chi connectivity index (χ1v) is 7.72. The Morgan fingerprint density at radius 1 is 0.833 bits per heavy atom. The second-order valence-electron chi connectivity index (χ2n) is 6.51. The van der Waals surface area contributed by atoms with Crippen LogP contribution in [0.1, 0.15) is 36.8 Å². The van der Waals surface area contributed by atoms with Crippen LogP contribution in [0.4, 0.5) is 0 Å². The van der Waals surface area contributed by atoms with E-state index in [-0.39, 0.29) is 0 Å². The molecule has 18 heavy (non-hydrogen) atoms. The summed E-state index contributed by atoms with van der Waals surface area (Å²) in [6.07, 6.45) is 8.49. The van der Waals surface area contributed by atoms with E-state index in [1.807, 2.05) is 0 Å². The van der Waals surface area contributed by atoms with Gasteiger partial charge in [-0.05, 0) is 74.6 Å². The number of hydrogen-bond acceptors (Lipinski definition) is 1. The van der Waals surface area contributed by atoms with E-state index in [1.54, 1.807) is 11.1 Å². The smallest absolute Gasteiger partial charge is 0.0158 e. The van der Waals surface area contributed by atoms with Gasteiger partial charge in [0, 0.05) is 6.04 Å². The van der Waals surface area contributed by atoms with Crippen molar-refractivity contribution >= 4 is 0 Å². The van der Waals surface area contributed by atoms with Crippen LogP contribution in [0.3, 0.4) is 0 Å². The molecule has 0 N–H and O–H groups in total. The molecule has 1 aliphatic heterocycles. The number of nitrogens with zero attached hydrogens (tertiary/aromatic N) is 1. The fraction of sp³-hybridized carbons (Fsp3) is 0.647. The molecule has 3 aliphatic rings. The minimum absolute atomic E-state index is 0.903. The van der Waals surface area contributed by atoms with Gasteiger partial charge in [0.15, 0.2) is 0 Å². The molecule has 1 saturated heterocycles. The first-order valence-electron chi connectivity index (χ1n) is 7.72. The Morgan fingerprint density at radius 3 is 1.94 bits per heavy atom.